The van der Waals surface area contributed by atoms with Gasteiger partial charge in [0.25, 0.3) is 0 Å². The largest absolute Gasteiger partial charge is 0.316 e. The number of thioether (sulfide) groups is 1. The van der Waals surface area contributed by atoms with Gasteiger partial charge in [0.15, 0.2) is 0 Å². The lowest BCUT2D eigenvalue weighted by Crippen LogP contribution is -2.35. The van der Waals surface area contributed by atoms with E-state index in [1.54, 1.807) is 0 Å². The highest BCUT2D eigenvalue weighted by Crippen LogP contribution is 2.20. The minimum absolute atomic E-state index is 0.693. The molecule has 2 unspecified atom stereocenters. The topological polar surface area (TPSA) is 12.0 Å². The van der Waals surface area contributed by atoms with E-state index in [0.29, 0.717) is 11.3 Å². The molecule has 0 aromatic heterocycles. The Morgan fingerprint density at radius 2 is 2.40 bits per heavy atom. The van der Waals surface area contributed by atoms with Gasteiger partial charge in [-0.05, 0) is 26.1 Å². The molecule has 0 saturated carbocycles. The Morgan fingerprint density at radius 1 is 1.60 bits per heavy atom. The molecule has 0 heterocycles. The van der Waals surface area contributed by atoms with Crippen LogP contribution < -0.4 is 5.32 Å². The van der Waals surface area contributed by atoms with Gasteiger partial charge in [0.2, 0.25) is 0 Å². The quantitative estimate of drug-likeness (QED) is 0.612. The fourth-order valence-corrected chi connectivity index (χ4v) is 2.22. The van der Waals surface area contributed by atoms with Crippen molar-refractivity contribution >= 4 is 11.8 Å². The van der Waals surface area contributed by atoms with Crippen LogP contribution in [0.1, 0.15) is 12.8 Å². The Morgan fingerprint density at radius 3 is 2.90 bits per heavy atom. The molecule has 2 atom stereocenters. The van der Waals surface area contributed by atoms with Crippen molar-refractivity contribution in [1.82, 2.24) is 5.32 Å². The maximum absolute atomic E-state index is 3.33. The van der Waals surface area contributed by atoms with Gasteiger partial charge in [-0.2, -0.15) is 11.8 Å². The molecule has 0 amide bonds. The molecule has 0 aromatic rings. The van der Waals surface area contributed by atoms with Gasteiger partial charge in [-0.1, -0.05) is 12.2 Å². The average Bonchev–Trinajstić information content (AvgIpc) is 2.04. The predicted octanol–water partition coefficient (Wildman–Crippen LogP) is 1.66. The number of allylic oxidation sites excluding steroid dienone is 1. The van der Waals surface area contributed by atoms with Crippen LogP contribution in [-0.4, -0.2) is 24.6 Å². The first-order valence-electron chi connectivity index (χ1n) is 3.75. The van der Waals surface area contributed by atoms with Gasteiger partial charge in [0.1, 0.15) is 0 Å². The molecule has 1 N–H and O–H groups in total. The lowest BCUT2D eigenvalue weighted by Gasteiger charge is -2.25. The van der Waals surface area contributed by atoms with Crippen molar-refractivity contribution in [3.05, 3.63) is 12.2 Å². The molecule has 10 heavy (non-hydrogen) atoms. The van der Waals surface area contributed by atoms with Gasteiger partial charge in [0.05, 0.1) is 0 Å². The summed E-state index contributed by atoms with van der Waals surface area (Å²) in [5.74, 6) is 0. The van der Waals surface area contributed by atoms with Crippen LogP contribution in [0.15, 0.2) is 12.2 Å². The first-order valence-corrected chi connectivity index (χ1v) is 5.04. The van der Waals surface area contributed by atoms with E-state index in [4.69, 9.17) is 0 Å². The van der Waals surface area contributed by atoms with Gasteiger partial charge in [0, 0.05) is 11.3 Å². The van der Waals surface area contributed by atoms with Crippen molar-refractivity contribution in [2.75, 3.05) is 13.3 Å². The van der Waals surface area contributed by atoms with E-state index in [1.165, 1.54) is 12.8 Å². The third-order valence-corrected chi connectivity index (χ3v) is 3.04. The first-order chi connectivity index (χ1) is 4.88. The number of hydrogen-bond donors (Lipinski definition) is 1. The van der Waals surface area contributed by atoms with Gasteiger partial charge in [-0.15, -0.1) is 0 Å². The fourth-order valence-electron chi connectivity index (χ4n) is 1.36. The van der Waals surface area contributed by atoms with E-state index in [0.717, 1.165) is 0 Å². The minimum atomic E-state index is 0.693. The molecule has 58 valence electrons. The van der Waals surface area contributed by atoms with E-state index in [2.05, 4.69) is 23.7 Å². The molecule has 2 heteroatoms. The van der Waals surface area contributed by atoms with Crippen molar-refractivity contribution in [3.8, 4) is 0 Å². The normalized spacial score (nSPS) is 32.6. The highest BCUT2D eigenvalue weighted by atomic mass is 32.2. The zero-order valence-electron chi connectivity index (χ0n) is 6.63. The number of hydrogen-bond acceptors (Lipinski definition) is 2. The molecule has 0 bridgehead atoms. The molecule has 1 nitrogen and oxygen atoms in total. The summed E-state index contributed by atoms with van der Waals surface area (Å²) in [4.78, 5) is 0. The third-order valence-electron chi connectivity index (χ3n) is 2.01. The van der Waals surface area contributed by atoms with E-state index >= 15 is 0 Å². The van der Waals surface area contributed by atoms with Crippen LogP contribution in [-0.2, 0) is 0 Å². The average molecular weight is 157 g/mol. The van der Waals surface area contributed by atoms with Crippen LogP contribution in [0.2, 0.25) is 0 Å². The summed E-state index contributed by atoms with van der Waals surface area (Å²) in [7, 11) is 2.05. The van der Waals surface area contributed by atoms with Crippen molar-refractivity contribution in [1.29, 1.82) is 0 Å². The van der Waals surface area contributed by atoms with Crippen LogP contribution in [0.4, 0.5) is 0 Å². The van der Waals surface area contributed by atoms with E-state index in [-0.39, 0.29) is 0 Å². The molecule has 1 rings (SSSR count). The number of rotatable bonds is 2. The van der Waals surface area contributed by atoms with Gasteiger partial charge in [-0.25, -0.2) is 0 Å². The van der Waals surface area contributed by atoms with Crippen LogP contribution in [0, 0.1) is 0 Å². The van der Waals surface area contributed by atoms with Crippen molar-refractivity contribution in [3.63, 3.8) is 0 Å². The van der Waals surface area contributed by atoms with E-state index in [1.807, 2.05) is 18.8 Å². The summed E-state index contributed by atoms with van der Waals surface area (Å²) in [5, 5.41) is 4.03. The number of nitrogens with one attached hydrogen (secondary N) is 1. The molecule has 0 spiro atoms. The fraction of sp³-hybridized carbons (Fsp3) is 0.750. The standard InChI is InChI=1S/C8H15NS/c1-9-7-5-3-4-6-8(7)10-2/h4,6-9H,3,5H2,1-2H3. The first kappa shape index (κ1) is 8.15. The maximum Gasteiger partial charge on any atom is 0.0378 e. The van der Waals surface area contributed by atoms with Gasteiger partial charge in [-0.3, -0.25) is 0 Å². The molecule has 0 aliphatic heterocycles. The minimum Gasteiger partial charge on any atom is -0.316 e. The lowest BCUT2D eigenvalue weighted by atomic mass is 10.0. The highest BCUT2D eigenvalue weighted by Gasteiger charge is 2.17. The molecule has 0 saturated heterocycles. The zero-order valence-corrected chi connectivity index (χ0v) is 7.45. The molecular weight excluding hydrogens is 142 g/mol. The van der Waals surface area contributed by atoms with Crippen molar-refractivity contribution in [2.45, 2.75) is 24.1 Å². The molecule has 0 aromatic carbocycles. The van der Waals surface area contributed by atoms with Gasteiger partial charge < -0.3 is 5.32 Å². The smallest absolute Gasteiger partial charge is 0.0378 e. The summed E-state index contributed by atoms with van der Waals surface area (Å²) < 4.78 is 0. The third kappa shape index (κ3) is 1.77. The second-order valence-electron chi connectivity index (χ2n) is 2.60. The van der Waals surface area contributed by atoms with Crippen molar-refractivity contribution < 1.29 is 0 Å². The lowest BCUT2D eigenvalue weighted by molar-refractivity contribution is 0.527. The summed E-state index contributed by atoms with van der Waals surface area (Å²) in [6, 6.07) is 0.694. The molecule has 1 aliphatic carbocycles. The van der Waals surface area contributed by atoms with Crippen LogP contribution in [0.3, 0.4) is 0 Å². The summed E-state index contributed by atoms with van der Waals surface area (Å²) in [5.41, 5.74) is 0. The SMILES string of the molecule is CNC1CCC=CC1SC. The molecule has 0 radical (unpaired) electrons. The summed E-state index contributed by atoms with van der Waals surface area (Å²) in [6.07, 6.45) is 9.30. The monoisotopic (exact) mass is 157 g/mol. The predicted molar refractivity (Wildman–Crippen MR) is 48.5 cm³/mol. The Bertz CT molecular complexity index is 122. The second kappa shape index (κ2) is 4.04. The maximum atomic E-state index is 3.33. The van der Waals surface area contributed by atoms with Gasteiger partial charge >= 0.3 is 0 Å². The van der Waals surface area contributed by atoms with Crippen LogP contribution in [0.25, 0.3) is 0 Å². The van der Waals surface area contributed by atoms with E-state index < -0.39 is 0 Å². The molecule has 1 aliphatic rings. The molecular formula is C8H15NS. The Balaban J connectivity index is 2.47. The Kier molecular flexibility index (Phi) is 3.29. The second-order valence-corrected chi connectivity index (χ2v) is 3.62. The summed E-state index contributed by atoms with van der Waals surface area (Å²) >= 11 is 1.93. The Hall–Kier alpha value is 0.0500. The highest BCUT2D eigenvalue weighted by molar-refractivity contribution is 7.99. The Labute approximate surface area is 67.3 Å². The zero-order chi connectivity index (χ0) is 7.40. The van der Waals surface area contributed by atoms with Crippen LogP contribution >= 0.6 is 11.8 Å². The molecule has 0 fully saturated rings. The van der Waals surface area contributed by atoms with Crippen LogP contribution in [0.5, 0.6) is 0 Å². The summed E-state index contributed by atoms with van der Waals surface area (Å²) in [6.45, 7) is 0. The van der Waals surface area contributed by atoms with E-state index in [9.17, 15) is 0 Å². The van der Waals surface area contributed by atoms with Crippen molar-refractivity contribution in [2.24, 2.45) is 0 Å².